The SMILES string of the molecule is CC1Cc2cccc(C3CNC(=O)C(C)N3)c2O1. The number of benzene rings is 1. The van der Waals surface area contributed by atoms with E-state index in [2.05, 4.69) is 35.8 Å². The molecule has 0 bridgehead atoms. The molecule has 2 N–H and O–H groups in total. The van der Waals surface area contributed by atoms with Crippen LogP contribution >= 0.6 is 0 Å². The lowest BCUT2D eigenvalue weighted by Crippen LogP contribution is -2.52. The highest BCUT2D eigenvalue weighted by Crippen LogP contribution is 2.36. The minimum atomic E-state index is -0.154. The fourth-order valence-corrected chi connectivity index (χ4v) is 2.73. The van der Waals surface area contributed by atoms with Crippen LogP contribution in [0.25, 0.3) is 0 Å². The number of para-hydroxylation sites is 1. The molecule has 1 aromatic carbocycles. The summed E-state index contributed by atoms with van der Waals surface area (Å²) in [4.78, 5) is 11.5. The first-order valence-electron chi connectivity index (χ1n) is 6.47. The van der Waals surface area contributed by atoms with Crippen molar-refractivity contribution in [1.29, 1.82) is 0 Å². The molecule has 0 radical (unpaired) electrons. The standard InChI is InChI=1S/C14H18N2O2/c1-8-6-10-4-3-5-11(13(10)18-8)12-7-15-14(17)9(2)16-12/h3-5,8-9,12,16H,6-7H2,1-2H3,(H,15,17). The van der Waals surface area contributed by atoms with Crippen molar-refractivity contribution in [3.05, 3.63) is 29.3 Å². The Labute approximate surface area is 107 Å². The molecular formula is C14H18N2O2. The monoisotopic (exact) mass is 246 g/mol. The third-order valence-corrected chi connectivity index (χ3v) is 3.65. The number of ether oxygens (including phenoxy) is 1. The average Bonchev–Trinajstić information content (AvgIpc) is 2.72. The molecule has 1 amide bonds. The van der Waals surface area contributed by atoms with E-state index in [9.17, 15) is 4.79 Å². The van der Waals surface area contributed by atoms with Crippen LogP contribution in [0, 0.1) is 0 Å². The van der Waals surface area contributed by atoms with Gasteiger partial charge in [0.1, 0.15) is 11.9 Å². The number of carbonyl (C=O) groups excluding carboxylic acids is 1. The first-order valence-corrected chi connectivity index (χ1v) is 6.47. The number of hydrogen-bond donors (Lipinski definition) is 2. The topological polar surface area (TPSA) is 50.4 Å². The molecule has 0 aliphatic carbocycles. The Balaban J connectivity index is 1.90. The molecule has 0 aromatic heterocycles. The molecule has 2 aliphatic rings. The van der Waals surface area contributed by atoms with Gasteiger partial charge in [-0.25, -0.2) is 0 Å². The van der Waals surface area contributed by atoms with Gasteiger partial charge in [0.15, 0.2) is 0 Å². The van der Waals surface area contributed by atoms with Crippen LogP contribution in [-0.2, 0) is 11.2 Å². The predicted octanol–water partition coefficient (Wildman–Crippen LogP) is 1.16. The summed E-state index contributed by atoms with van der Waals surface area (Å²) < 4.78 is 5.90. The van der Waals surface area contributed by atoms with E-state index in [0.29, 0.717) is 6.54 Å². The second kappa shape index (κ2) is 4.28. The number of rotatable bonds is 1. The Morgan fingerprint density at radius 3 is 2.94 bits per heavy atom. The van der Waals surface area contributed by atoms with Crippen molar-refractivity contribution >= 4 is 5.91 Å². The lowest BCUT2D eigenvalue weighted by atomic mass is 9.99. The minimum Gasteiger partial charge on any atom is -0.490 e. The summed E-state index contributed by atoms with van der Waals surface area (Å²) >= 11 is 0. The predicted molar refractivity (Wildman–Crippen MR) is 68.6 cm³/mol. The van der Waals surface area contributed by atoms with Crippen LogP contribution in [0.2, 0.25) is 0 Å². The number of nitrogens with one attached hydrogen (secondary N) is 2. The molecule has 0 spiro atoms. The number of carbonyl (C=O) groups is 1. The fourth-order valence-electron chi connectivity index (χ4n) is 2.73. The molecule has 2 heterocycles. The van der Waals surface area contributed by atoms with E-state index in [1.165, 1.54) is 5.56 Å². The van der Waals surface area contributed by atoms with Crippen molar-refractivity contribution in [3.63, 3.8) is 0 Å². The van der Waals surface area contributed by atoms with Gasteiger partial charge in [-0.3, -0.25) is 10.1 Å². The van der Waals surface area contributed by atoms with Gasteiger partial charge in [0.05, 0.1) is 12.1 Å². The summed E-state index contributed by atoms with van der Waals surface area (Å²) in [7, 11) is 0. The van der Waals surface area contributed by atoms with Gasteiger partial charge >= 0.3 is 0 Å². The Kier molecular flexibility index (Phi) is 2.74. The van der Waals surface area contributed by atoms with Crippen molar-refractivity contribution in [2.24, 2.45) is 0 Å². The van der Waals surface area contributed by atoms with E-state index in [1.807, 2.05) is 6.92 Å². The van der Waals surface area contributed by atoms with Gasteiger partial charge in [-0.1, -0.05) is 18.2 Å². The number of piperazine rings is 1. The summed E-state index contributed by atoms with van der Waals surface area (Å²) in [6, 6.07) is 6.25. The molecule has 96 valence electrons. The second-order valence-corrected chi connectivity index (χ2v) is 5.15. The van der Waals surface area contributed by atoms with Crippen molar-refractivity contribution in [1.82, 2.24) is 10.6 Å². The molecule has 4 heteroatoms. The molecule has 3 rings (SSSR count). The normalized spacial score (nSPS) is 30.6. The molecule has 2 aliphatic heterocycles. The van der Waals surface area contributed by atoms with Crippen LogP contribution in [0.15, 0.2) is 18.2 Å². The van der Waals surface area contributed by atoms with Crippen molar-refractivity contribution in [2.75, 3.05) is 6.54 Å². The smallest absolute Gasteiger partial charge is 0.236 e. The lowest BCUT2D eigenvalue weighted by molar-refractivity contribution is -0.124. The van der Waals surface area contributed by atoms with Gasteiger partial charge in [0, 0.05) is 18.5 Å². The van der Waals surface area contributed by atoms with Crippen LogP contribution in [-0.4, -0.2) is 24.6 Å². The number of amides is 1. The van der Waals surface area contributed by atoms with E-state index in [-0.39, 0.29) is 24.1 Å². The lowest BCUT2D eigenvalue weighted by Gasteiger charge is -2.30. The average molecular weight is 246 g/mol. The van der Waals surface area contributed by atoms with E-state index in [4.69, 9.17) is 4.74 Å². The molecule has 0 saturated carbocycles. The van der Waals surface area contributed by atoms with E-state index in [1.54, 1.807) is 0 Å². The molecule has 4 nitrogen and oxygen atoms in total. The third-order valence-electron chi connectivity index (χ3n) is 3.65. The van der Waals surface area contributed by atoms with E-state index < -0.39 is 0 Å². The molecule has 18 heavy (non-hydrogen) atoms. The zero-order chi connectivity index (χ0) is 12.7. The number of hydrogen-bond acceptors (Lipinski definition) is 3. The Hall–Kier alpha value is -1.55. The quantitative estimate of drug-likeness (QED) is 0.782. The zero-order valence-electron chi connectivity index (χ0n) is 10.7. The van der Waals surface area contributed by atoms with Crippen molar-refractivity contribution < 1.29 is 9.53 Å². The van der Waals surface area contributed by atoms with Gasteiger partial charge in [-0.05, 0) is 19.4 Å². The summed E-state index contributed by atoms with van der Waals surface area (Å²) in [6.45, 7) is 4.59. The van der Waals surface area contributed by atoms with Gasteiger partial charge in [0.2, 0.25) is 5.91 Å². The molecule has 1 aromatic rings. The second-order valence-electron chi connectivity index (χ2n) is 5.15. The summed E-state index contributed by atoms with van der Waals surface area (Å²) in [5.74, 6) is 1.07. The number of fused-ring (bicyclic) bond motifs is 1. The van der Waals surface area contributed by atoms with Crippen molar-refractivity contribution in [2.45, 2.75) is 38.5 Å². The maximum atomic E-state index is 11.5. The maximum absolute atomic E-state index is 11.5. The molecule has 3 atom stereocenters. The van der Waals surface area contributed by atoms with Crippen LogP contribution in [0.4, 0.5) is 0 Å². The first kappa shape index (κ1) is 11.5. The highest BCUT2D eigenvalue weighted by molar-refractivity contribution is 5.82. The summed E-state index contributed by atoms with van der Waals surface area (Å²) in [5.41, 5.74) is 2.43. The van der Waals surface area contributed by atoms with E-state index >= 15 is 0 Å². The van der Waals surface area contributed by atoms with Gasteiger partial charge in [-0.15, -0.1) is 0 Å². The summed E-state index contributed by atoms with van der Waals surface area (Å²) in [6.07, 6.45) is 1.22. The van der Waals surface area contributed by atoms with Crippen molar-refractivity contribution in [3.8, 4) is 5.75 Å². The Morgan fingerprint density at radius 2 is 2.17 bits per heavy atom. The van der Waals surface area contributed by atoms with Crippen LogP contribution in [0.1, 0.15) is 31.0 Å². The van der Waals surface area contributed by atoms with Crippen LogP contribution < -0.4 is 15.4 Å². The zero-order valence-corrected chi connectivity index (χ0v) is 10.7. The molecular weight excluding hydrogens is 228 g/mol. The fraction of sp³-hybridized carbons (Fsp3) is 0.500. The first-order chi connectivity index (χ1) is 8.65. The third kappa shape index (κ3) is 1.86. The molecule has 1 fully saturated rings. The Bertz CT molecular complexity index is 487. The van der Waals surface area contributed by atoms with Gasteiger partial charge < -0.3 is 10.1 Å². The van der Waals surface area contributed by atoms with Gasteiger partial charge in [0.25, 0.3) is 0 Å². The van der Waals surface area contributed by atoms with Crippen LogP contribution in [0.3, 0.4) is 0 Å². The summed E-state index contributed by atoms with van der Waals surface area (Å²) in [5, 5.41) is 6.26. The highest BCUT2D eigenvalue weighted by atomic mass is 16.5. The Morgan fingerprint density at radius 1 is 1.33 bits per heavy atom. The highest BCUT2D eigenvalue weighted by Gasteiger charge is 2.30. The van der Waals surface area contributed by atoms with E-state index in [0.717, 1.165) is 17.7 Å². The molecule has 3 unspecified atom stereocenters. The van der Waals surface area contributed by atoms with Crippen LogP contribution in [0.5, 0.6) is 5.75 Å². The van der Waals surface area contributed by atoms with Gasteiger partial charge in [-0.2, -0.15) is 0 Å². The largest absolute Gasteiger partial charge is 0.490 e. The molecule has 1 saturated heterocycles. The minimum absolute atomic E-state index is 0.0631. The maximum Gasteiger partial charge on any atom is 0.236 e.